The SMILES string of the molecule is COc1cc(OC)c([N+](=O)[O-])cc1NC(C)C. The minimum Gasteiger partial charge on any atom is -0.494 e. The maximum absolute atomic E-state index is 10.9. The van der Waals surface area contributed by atoms with E-state index >= 15 is 0 Å². The van der Waals surface area contributed by atoms with Crippen molar-refractivity contribution in [2.24, 2.45) is 0 Å². The molecule has 0 aliphatic heterocycles. The van der Waals surface area contributed by atoms with Gasteiger partial charge in [-0.2, -0.15) is 0 Å². The van der Waals surface area contributed by atoms with Crippen LogP contribution in [0.2, 0.25) is 0 Å². The molecule has 0 aromatic heterocycles. The summed E-state index contributed by atoms with van der Waals surface area (Å²) in [7, 11) is 2.89. The summed E-state index contributed by atoms with van der Waals surface area (Å²) in [6.07, 6.45) is 0. The Labute approximate surface area is 99.7 Å². The molecule has 1 rings (SSSR count). The zero-order valence-electron chi connectivity index (χ0n) is 10.3. The van der Waals surface area contributed by atoms with Crippen LogP contribution in [0.4, 0.5) is 11.4 Å². The lowest BCUT2D eigenvalue weighted by Crippen LogP contribution is -2.11. The lowest BCUT2D eigenvalue weighted by atomic mass is 10.2. The van der Waals surface area contributed by atoms with Crippen molar-refractivity contribution in [1.29, 1.82) is 0 Å². The summed E-state index contributed by atoms with van der Waals surface area (Å²) in [6, 6.07) is 3.07. The van der Waals surface area contributed by atoms with E-state index in [1.807, 2.05) is 13.8 Å². The summed E-state index contributed by atoms with van der Waals surface area (Å²) in [5.74, 6) is 0.697. The molecule has 0 aliphatic rings. The van der Waals surface area contributed by atoms with Gasteiger partial charge in [0.1, 0.15) is 5.75 Å². The lowest BCUT2D eigenvalue weighted by Gasteiger charge is -2.14. The minimum absolute atomic E-state index is 0.0866. The Morgan fingerprint density at radius 2 is 1.82 bits per heavy atom. The van der Waals surface area contributed by atoms with Gasteiger partial charge >= 0.3 is 5.69 Å². The largest absolute Gasteiger partial charge is 0.494 e. The van der Waals surface area contributed by atoms with Crippen LogP contribution in [0.15, 0.2) is 12.1 Å². The molecule has 0 saturated carbocycles. The third kappa shape index (κ3) is 2.99. The molecule has 0 heterocycles. The van der Waals surface area contributed by atoms with Crippen LogP contribution in [0.1, 0.15) is 13.8 Å². The number of nitro benzene ring substituents is 1. The van der Waals surface area contributed by atoms with Crippen molar-refractivity contribution in [2.45, 2.75) is 19.9 Å². The Balaban J connectivity index is 3.28. The van der Waals surface area contributed by atoms with Gasteiger partial charge in [-0.1, -0.05) is 0 Å². The molecule has 0 bridgehead atoms. The monoisotopic (exact) mass is 240 g/mol. The van der Waals surface area contributed by atoms with Crippen molar-refractivity contribution in [3.8, 4) is 11.5 Å². The van der Waals surface area contributed by atoms with Crippen molar-refractivity contribution in [3.05, 3.63) is 22.2 Å². The number of methoxy groups -OCH3 is 2. The fraction of sp³-hybridized carbons (Fsp3) is 0.455. The third-order valence-corrected chi connectivity index (χ3v) is 2.14. The molecule has 0 unspecified atom stereocenters. The van der Waals surface area contributed by atoms with Gasteiger partial charge in [-0.15, -0.1) is 0 Å². The Hall–Kier alpha value is -1.98. The van der Waals surface area contributed by atoms with E-state index in [0.29, 0.717) is 11.4 Å². The molecule has 1 aromatic carbocycles. The number of hydrogen-bond donors (Lipinski definition) is 1. The predicted octanol–water partition coefficient (Wildman–Crippen LogP) is 2.43. The van der Waals surface area contributed by atoms with Crippen LogP contribution in [0.3, 0.4) is 0 Å². The molecule has 1 N–H and O–H groups in total. The third-order valence-electron chi connectivity index (χ3n) is 2.14. The van der Waals surface area contributed by atoms with Crippen LogP contribution < -0.4 is 14.8 Å². The summed E-state index contributed by atoms with van der Waals surface area (Å²) in [5.41, 5.74) is 0.492. The predicted molar refractivity (Wildman–Crippen MR) is 65.0 cm³/mol. The van der Waals surface area contributed by atoms with Gasteiger partial charge in [0.15, 0.2) is 0 Å². The molecule has 1 aromatic rings. The van der Waals surface area contributed by atoms with Gasteiger partial charge in [-0.05, 0) is 13.8 Å². The minimum atomic E-state index is -0.482. The first-order chi connectivity index (χ1) is 7.99. The van der Waals surface area contributed by atoms with E-state index in [1.165, 1.54) is 26.4 Å². The smallest absolute Gasteiger partial charge is 0.313 e. The number of benzene rings is 1. The zero-order valence-corrected chi connectivity index (χ0v) is 10.3. The van der Waals surface area contributed by atoms with Crippen molar-refractivity contribution < 1.29 is 14.4 Å². The highest BCUT2D eigenvalue weighted by Crippen LogP contribution is 2.37. The number of nitro groups is 1. The number of nitrogens with one attached hydrogen (secondary N) is 1. The number of anilines is 1. The van der Waals surface area contributed by atoms with Crippen molar-refractivity contribution in [2.75, 3.05) is 19.5 Å². The molecule has 6 heteroatoms. The van der Waals surface area contributed by atoms with Crippen LogP contribution in [0.5, 0.6) is 11.5 Å². The molecule has 0 saturated heterocycles. The normalized spacial score (nSPS) is 10.2. The Kier molecular flexibility index (Phi) is 4.14. The van der Waals surface area contributed by atoms with Gasteiger partial charge in [0, 0.05) is 18.2 Å². The molecule has 0 amide bonds. The van der Waals surface area contributed by atoms with E-state index in [0.717, 1.165) is 0 Å². The first-order valence-electron chi connectivity index (χ1n) is 5.16. The maximum atomic E-state index is 10.9. The Morgan fingerprint density at radius 1 is 1.24 bits per heavy atom. The Morgan fingerprint density at radius 3 is 2.24 bits per heavy atom. The second-order valence-corrected chi connectivity index (χ2v) is 3.78. The van der Waals surface area contributed by atoms with Crippen molar-refractivity contribution in [1.82, 2.24) is 0 Å². The molecule has 0 spiro atoms. The van der Waals surface area contributed by atoms with Gasteiger partial charge in [0.05, 0.1) is 24.8 Å². The van der Waals surface area contributed by atoms with Gasteiger partial charge < -0.3 is 14.8 Å². The van der Waals surface area contributed by atoms with E-state index in [2.05, 4.69) is 5.32 Å². The second kappa shape index (κ2) is 5.38. The summed E-state index contributed by atoms with van der Waals surface area (Å²) in [4.78, 5) is 10.4. The molecule has 94 valence electrons. The summed E-state index contributed by atoms with van der Waals surface area (Å²) < 4.78 is 10.1. The Bertz CT molecular complexity index is 418. The average molecular weight is 240 g/mol. The molecule has 0 radical (unpaired) electrons. The van der Waals surface area contributed by atoms with Crippen molar-refractivity contribution in [3.63, 3.8) is 0 Å². The highest BCUT2D eigenvalue weighted by molar-refractivity contribution is 5.67. The standard InChI is InChI=1S/C11H16N2O4/c1-7(2)12-8-5-9(13(14)15)11(17-4)6-10(8)16-3/h5-7,12H,1-4H3. The summed E-state index contributed by atoms with van der Waals surface area (Å²) in [5, 5.41) is 14.0. The van der Waals surface area contributed by atoms with Gasteiger partial charge in [0.2, 0.25) is 5.75 Å². The van der Waals surface area contributed by atoms with Crippen LogP contribution in [-0.4, -0.2) is 25.2 Å². The van der Waals surface area contributed by atoms with Crippen LogP contribution >= 0.6 is 0 Å². The first-order valence-corrected chi connectivity index (χ1v) is 5.16. The lowest BCUT2D eigenvalue weighted by molar-refractivity contribution is -0.385. The maximum Gasteiger partial charge on any atom is 0.313 e. The molecule has 0 atom stereocenters. The quantitative estimate of drug-likeness (QED) is 0.632. The number of rotatable bonds is 5. The molecule has 0 fully saturated rings. The van der Waals surface area contributed by atoms with Gasteiger partial charge in [0.25, 0.3) is 0 Å². The molecular formula is C11H16N2O4. The van der Waals surface area contributed by atoms with Crippen LogP contribution in [-0.2, 0) is 0 Å². The topological polar surface area (TPSA) is 73.6 Å². The number of nitrogens with zero attached hydrogens (tertiary/aromatic N) is 1. The van der Waals surface area contributed by atoms with Gasteiger partial charge in [-0.25, -0.2) is 0 Å². The van der Waals surface area contributed by atoms with Crippen LogP contribution in [0.25, 0.3) is 0 Å². The second-order valence-electron chi connectivity index (χ2n) is 3.78. The fourth-order valence-corrected chi connectivity index (χ4v) is 1.45. The van der Waals surface area contributed by atoms with Crippen molar-refractivity contribution >= 4 is 11.4 Å². The number of ether oxygens (including phenoxy) is 2. The highest BCUT2D eigenvalue weighted by Gasteiger charge is 2.19. The molecular weight excluding hydrogens is 224 g/mol. The van der Waals surface area contributed by atoms with E-state index < -0.39 is 4.92 Å². The summed E-state index contributed by atoms with van der Waals surface area (Å²) >= 11 is 0. The van der Waals surface area contributed by atoms with Crippen LogP contribution in [0, 0.1) is 10.1 Å². The van der Waals surface area contributed by atoms with Gasteiger partial charge in [-0.3, -0.25) is 10.1 Å². The highest BCUT2D eigenvalue weighted by atomic mass is 16.6. The molecule has 0 aliphatic carbocycles. The first kappa shape index (κ1) is 13.1. The molecule has 6 nitrogen and oxygen atoms in total. The van der Waals surface area contributed by atoms with E-state index in [4.69, 9.17) is 9.47 Å². The molecule has 17 heavy (non-hydrogen) atoms. The summed E-state index contributed by atoms with van der Waals surface area (Å²) in [6.45, 7) is 3.88. The van der Waals surface area contributed by atoms with E-state index in [1.54, 1.807) is 0 Å². The van der Waals surface area contributed by atoms with E-state index in [-0.39, 0.29) is 17.5 Å². The zero-order chi connectivity index (χ0) is 13.0. The number of hydrogen-bond acceptors (Lipinski definition) is 5. The van der Waals surface area contributed by atoms with E-state index in [9.17, 15) is 10.1 Å². The fourth-order valence-electron chi connectivity index (χ4n) is 1.45. The average Bonchev–Trinajstić information content (AvgIpc) is 2.27.